The molecule has 4 nitrogen and oxygen atoms in total. The number of hydrogen-bond donors (Lipinski definition) is 1. The van der Waals surface area contributed by atoms with E-state index in [-0.39, 0.29) is 17.2 Å². The Balaban J connectivity index is 2.78. The second-order valence-electron chi connectivity index (χ2n) is 6.83. The predicted molar refractivity (Wildman–Crippen MR) is 90.7 cm³/mol. The maximum absolute atomic E-state index is 12.4. The first kappa shape index (κ1) is 19.2. The molecule has 23 heavy (non-hydrogen) atoms. The minimum atomic E-state index is -1.11. The molecule has 128 valence electrons. The highest BCUT2D eigenvalue weighted by molar-refractivity contribution is 6.02. The fourth-order valence-electron chi connectivity index (χ4n) is 2.57. The number of carbonyl (C=O) groups excluding carboxylic acids is 1. The van der Waals surface area contributed by atoms with Crippen molar-refractivity contribution in [3.63, 3.8) is 0 Å². The van der Waals surface area contributed by atoms with E-state index in [1.54, 1.807) is 12.1 Å². The summed E-state index contributed by atoms with van der Waals surface area (Å²) in [5.74, 6) is -0.615. The topological polar surface area (TPSA) is 63.6 Å². The van der Waals surface area contributed by atoms with E-state index in [2.05, 4.69) is 27.7 Å². The van der Waals surface area contributed by atoms with Gasteiger partial charge in [-0.3, -0.25) is 0 Å². The van der Waals surface area contributed by atoms with Gasteiger partial charge in [-0.2, -0.15) is 0 Å². The van der Waals surface area contributed by atoms with Gasteiger partial charge in [-0.1, -0.05) is 46.2 Å². The van der Waals surface area contributed by atoms with Crippen LogP contribution in [0.3, 0.4) is 0 Å². The number of ether oxygens (including phenoxy) is 1. The summed E-state index contributed by atoms with van der Waals surface area (Å²) < 4.78 is 5.62. The molecule has 1 rings (SSSR count). The minimum absolute atomic E-state index is 0.0111. The third-order valence-corrected chi connectivity index (χ3v) is 3.69. The summed E-state index contributed by atoms with van der Waals surface area (Å²) >= 11 is 0. The summed E-state index contributed by atoms with van der Waals surface area (Å²) in [6, 6.07) is 6.19. The molecule has 0 amide bonds. The molecular weight excluding hydrogens is 292 g/mol. The number of benzene rings is 1. The van der Waals surface area contributed by atoms with E-state index in [4.69, 9.17) is 4.74 Å². The Hall–Kier alpha value is -1.84. The van der Waals surface area contributed by atoms with Crippen molar-refractivity contribution in [3.05, 3.63) is 35.4 Å². The fourth-order valence-corrected chi connectivity index (χ4v) is 2.57. The summed E-state index contributed by atoms with van der Waals surface area (Å²) in [6.45, 7) is 8.53. The van der Waals surface area contributed by atoms with Crippen molar-refractivity contribution >= 4 is 11.9 Å². The van der Waals surface area contributed by atoms with Crippen LogP contribution in [0, 0.1) is 11.8 Å². The summed E-state index contributed by atoms with van der Waals surface area (Å²) in [5, 5.41) is 9.19. The molecule has 0 saturated heterocycles. The van der Waals surface area contributed by atoms with Crippen molar-refractivity contribution in [1.82, 2.24) is 0 Å². The molecule has 0 saturated carbocycles. The van der Waals surface area contributed by atoms with Gasteiger partial charge in [0.15, 0.2) is 0 Å². The zero-order valence-corrected chi connectivity index (χ0v) is 14.5. The van der Waals surface area contributed by atoms with Crippen LogP contribution in [-0.4, -0.2) is 23.1 Å². The third kappa shape index (κ3) is 6.85. The molecule has 0 fully saturated rings. The highest BCUT2D eigenvalue weighted by atomic mass is 16.5. The lowest BCUT2D eigenvalue weighted by Crippen LogP contribution is -2.22. The zero-order valence-electron chi connectivity index (χ0n) is 14.5. The number of carbonyl (C=O) groups is 2. The Labute approximate surface area is 138 Å². The van der Waals surface area contributed by atoms with Gasteiger partial charge < -0.3 is 9.84 Å². The Kier molecular flexibility index (Phi) is 7.79. The molecule has 1 aromatic carbocycles. The van der Waals surface area contributed by atoms with Gasteiger partial charge in [0.25, 0.3) is 0 Å². The predicted octanol–water partition coefficient (Wildman–Crippen LogP) is 4.78. The van der Waals surface area contributed by atoms with E-state index >= 15 is 0 Å². The lowest BCUT2D eigenvalue weighted by Gasteiger charge is -2.20. The van der Waals surface area contributed by atoms with Crippen LogP contribution in [-0.2, 0) is 4.74 Å². The monoisotopic (exact) mass is 320 g/mol. The lowest BCUT2D eigenvalue weighted by molar-refractivity contribution is 0.0219. The van der Waals surface area contributed by atoms with Gasteiger partial charge in [0.1, 0.15) is 6.10 Å². The standard InChI is InChI=1S/C19H28O4/c1-13(2)8-7-9-15(12-14(3)4)23-19(22)17-11-6-5-10-16(17)18(20)21/h5-6,10-11,13-15H,7-9,12H2,1-4H3,(H,20,21). The largest absolute Gasteiger partial charge is 0.478 e. The first-order valence-electron chi connectivity index (χ1n) is 8.34. The number of carboxylic acid groups (broad SMARTS) is 1. The maximum Gasteiger partial charge on any atom is 0.339 e. The molecule has 0 bridgehead atoms. The van der Waals surface area contributed by atoms with E-state index in [0.29, 0.717) is 11.8 Å². The summed E-state index contributed by atoms with van der Waals surface area (Å²) in [7, 11) is 0. The Morgan fingerprint density at radius 1 is 1.00 bits per heavy atom. The van der Waals surface area contributed by atoms with Crippen LogP contribution in [0.5, 0.6) is 0 Å². The van der Waals surface area contributed by atoms with Crippen molar-refractivity contribution in [2.75, 3.05) is 0 Å². The van der Waals surface area contributed by atoms with E-state index < -0.39 is 11.9 Å². The molecule has 0 aliphatic carbocycles. The molecule has 0 aliphatic rings. The SMILES string of the molecule is CC(C)CCCC(CC(C)C)OC(=O)c1ccccc1C(=O)O. The summed E-state index contributed by atoms with van der Waals surface area (Å²) in [6.07, 6.45) is 3.54. The van der Waals surface area contributed by atoms with Gasteiger partial charge in [0.05, 0.1) is 11.1 Å². The maximum atomic E-state index is 12.4. The van der Waals surface area contributed by atoms with Crippen LogP contribution >= 0.6 is 0 Å². The van der Waals surface area contributed by atoms with E-state index in [1.165, 1.54) is 12.1 Å². The molecule has 0 aliphatic heterocycles. The number of carboxylic acids is 1. The van der Waals surface area contributed by atoms with Gasteiger partial charge in [-0.05, 0) is 43.2 Å². The Morgan fingerprint density at radius 3 is 2.13 bits per heavy atom. The van der Waals surface area contributed by atoms with Gasteiger partial charge in [-0.15, -0.1) is 0 Å². The van der Waals surface area contributed by atoms with Crippen LogP contribution in [0.4, 0.5) is 0 Å². The number of hydrogen-bond acceptors (Lipinski definition) is 3. The summed E-state index contributed by atoms with van der Waals surface area (Å²) in [5.41, 5.74) is 0.112. The fraction of sp³-hybridized carbons (Fsp3) is 0.579. The Morgan fingerprint density at radius 2 is 1.61 bits per heavy atom. The van der Waals surface area contributed by atoms with E-state index in [0.717, 1.165) is 25.7 Å². The average Bonchev–Trinajstić information content (AvgIpc) is 2.45. The molecule has 1 aromatic rings. The smallest absolute Gasteiger partial charge is 0.339 e. The average molecular weight is 320 g/mol. The normalized spacial score (nSPS) is 12.4. The lowest BCUT2D eigenvalue weighted by atomic mass is 9.98. The molecular formula is C19H28O4. The quantitative estimate of drug-likeness (QED) is 0.665. The third-order valence-electron chi connectivity index (χ3n) is 3.69. The van der Waals surface area contributed by atoms with Crippen molar-refractivity contribution in [3.8, 4) is 0 Å². The molecule has 1 unspecified atom stereocenters. The summed E-state index contributed by atoms with van der Waals surface area (Å²) in [4.78, 5) is 23.6. The number of aromatic carboxylic acids is 1. The molecule has 0 aromatic heterocycles. The molecule has 0 heterocycles. The number of esters is 1. The van der Waals surface area contributed by atoms with Gasteiger partial charge in [0, 0.05) is 0 Å². The van der Waals surface area contributed by atoms with Gasteiger partial charge >= 0.3 is 11.9 Å². The second kappa shape index (κ2) is 9.33. The van der Waals surface area contributed by atoms with Crippen LogP contribution < -0.4 is 0 Å². The van der Waals surface area contributed by atoms with Crippen molar-refractivity contribution in [2.24, 2.45) is 11.8 Å². The number of rotatable bonds is 9. The minimum Gasteiger partial charge on any atom is -0.478 e. The van der Waals surface area contributed by atoms with Crippen LogP contribution in [0.25, 0.3) is 0 Å². The van der Waals surface area contributed by atoms with Crippen LogP contribution in [0.1, 0.15) is 74.1 Å². The van der Waals surface area contributed by atoms with Gasteiger partial charge in [-0.25, -0.2) is 9.59 Å². The van der Waals surface area contributed by atoms with Crippen molar-refractivity contribution in [2.45, 2.75) is 59.5 Å². The molecule has 0 radical (unpaired) electrons. The van der Waals surface area contributed by atoms with Crippen LogP contribution in [0.15, 0.2) is 24.3 Å². The highest BCUT2D eigenvalue weighted by Crippen LogP contribution is 2.19. The molecule has 4 heteroatoms. The van der Waals surface area contributed by atoms with E-state index in [9.17, 15) is 14.7 Å². The Bertz CT molecular complexity index is 520. The zero-order chi connectivity index (χ0) is 17.4. The first-order valence-corrected chi connectivity index (χ1v) is 8.34. The van der Waals surface area contributed by atoms with E-state index in [1.807, 2.05) is 0 Å². The van der Waals surface area contributed by atoms with Crippen molar-refractivity contribution in [1.29, 1.82) is 0 Å². The van der Waals surface area contributed by atoms with Gasteiger partial charge in [0.2, 0.25) is 0 Å². The second-order valence-corrected chi connectivity index (χ2v) is 6.83. The van der Waals surface area contributed by atoms with Crippen molar-refractivity contribution < 1.29 is 19.4 Å². The molecule has 1 N–H and O–H groups in total. The molecule has 0 spiro atoms. The highest BCUT2D eigenvalue weighted by Gasteiger charge is 2.21. The first-order chi connectivity index (χ1) is 10.8. The van der Waals surface area contributed by atoms with Crippen LogP contribution in [0.2, 0.25) is 0 Å². The molecule has 1 atom stereocenters.